The van der Waals surface area contributed by atoms with Crippen LogP contribution in [0.25, 0.3) is 0 Å². The fourth-order valence-corrected chi connectivity index (χ4v) is 8.48. The van der Waals surface area contributed by atoms with Gasteiger partial charge in [-0.05, 0) is 112 Å². The lowest BCUT2D eigenvalue weighted by Gasteiger charge is -2.60. The molecule has 0 saturated heterocycles. The smallest absolute Gasteiger partial charge is 0.129 e. The molecule has 0 radical (unpaired) electrons. The summed E-state index contributed by atoms with van der Waals surface area (Å²) in [5, 5.41) is 0. The second kappa shape index (κ2) is 8.76. The standard InChI is InChI=1S/C24H40O.CH3Cl/c1-17(25)7-6-9-19-11-13-21-20-12-10-18-8-4-5-15-23(18,2)22(20)14-16-24(19,21)3;1-2/h18-22H,4-16H2,1-3H3;1H3. The molecule has 4 saturated carbocycles. The topological polar surface area (TPSA) is 17.1 Å². The number of Topliss-reactive ketones (excluding diaryl/α,β-unsaturated/α-hetero) is 1. The molecule has 0 N–H and O–H groups in total. The third-order valence-corrected chi connectivity index (χ3v) is 9.86. The van der Waals surface area contributed by atoms with Gasteiger partial charge < -0.3 is 4.79 Å². The SMILES string of the molecule is CC(=O)CCCC1CCC2C3CCC4CCCCC4(C)C3CCC12C.CCl. The van der Waals surface area contributed by atoms with E-state index in [0.717, 1.165) is 42.4 Å². The maximum Gasteiger partial charge on any atom is 0.129 e. The molecule has 7 atom stereocenters. The van der Waals surface area contributed by atoms with Crippen LogP contribution in [0.2, 0.25) is 0 Å². The zero-order valence-corrected chi connectivity index (χ0v) is 19.1. The zero-order valence-electron chi connectivity index (χ0n) is 18.4. The van der Waals surface area contributed by atoms with E-state index in [2.05, 4.69) is 25.4 Å². The molecular weight excluding hydrogens is 352 g/mol. The van der Waals surface area contributed by atoms with Gasteiger partial charge >= 0.3 is 0 Å². The van der Waals surface area contributed by atoms with Crippen LogP contribution in [-0.2, 0) is 4.79 Å². The van der Waals surface area contributed by atoms with Gasteiger partial charge in [0.2, 0.25) is 0 Å². The van der Waals surface area contributed by atoms with Crippen LogP contribution in [0.15, 0.2) is 0 Å². The van der Waals surface area contributed by atoms with Crippen LogP contribution in [0.3, 0.4) is 0 Å². The van der Waals surface area contributed by atoms with E-state index in [9.17, 15) is 4.79 Å². The van der Waals surface area contributed by atoms with Crippen molar-refractivity contribution < 1.29 is 4.79 Å². The van der Waals surface area contributed by atoms with Crippen LogP contribution in [-0.4, -0.2) is 12.2 Å². The first-order valence-corrected chi connectivity index (χ1v) is 12.6. The number of ketones is 1. The highest BCUT2D eigenvalue weighted by Crippen LogP contribution is 2.67. The second-order valence-corrected chi connectivity index (χ2v) is 10.8. The van der Waals surface area contributed by atoms with Gasteiger partial charge in [0.1, 0.15) is 5.78 Å². The monoisotopic (exact) mass is 394 g/mol. The predicted molar refractivity (Wildman–Crippen MR) is 116 cm³/mol. The van der Waals surface area contributed by atoms with E-state index in [1.54, 1.807) is 6.92 Å². The van der Waals surface area contributed by atoms with E-state index in [4.69, 9.17) is 0 Å². The molecule has 4 fully saturated rings. The number of hydrogen-bond acceptors (Lipinski definition) is 1. The van der Waals surface area contributed by atoms with E-state index in [1.807, 2.05) is 0 Å². The summed E-state index contributed by atoms with van der Waals surface area (Å²) in [7, 11) is 0. The fraction of sp³-hybridized carbons (Fsp3) is 0.960. The molecule has 0 spiro atoms. The Kier molecular flexibility index (Phi) is 7.03. The van der Waals surface area contributed by atoms with Crippen molar-refractivity contribution in [3.05, 3.63) is 0 Å². The summed E-state index contributed by atoms with van der Waals surface area (Å²) in [6, 6.07) is 0. The van der Waals surface area contributed by atoms with Crippen molar-refractivity contribution in [3.8, 4) is 0 Å². The maximum atomic E-state index is 11.3. The number of fused-ring (bicyclic) bond motifs is 5. The minimum atomic E-state index is 0.381. The fourth-order valence-electron chi connectivity index (χ4n) is 8.48. The van der Waals surface area contributed by atoms with E-state index < -0.39 is 0 Å². The third kappa shape index (κ3) is 3.88. The summed E-state index contributed by atoms with van der Waals surface area (Å²) in [6.45, 7) is 7.10. The molecule has 0 aromatic heterocycles. The minimum Gasteiger partial charge on any atom is -0.300 e. The van der Waals surface area contributed by atoms with Crippen LogP contribution >= 0.6 is 11.6 Å². The molecule has 0 aromatic carbocycles. The van der Waals surface area contributed by atoms with Crippen molar-refractivity contribution in [2.45, 2.75) is 104 Å². The zero-order chi connectivity index (χ0) is 19.7. The highest BCUT2D eigenvalue weighted by molar-refractivity contribution is 6.15. The van der Waals surface area contributed by atoms with Crippen molar-refractivity contribution in [1.82, 2.24) is 0 Å². The number of carbonyl (C=O) groups is 1. The summed E-state index contributed by atoms with van der Waals surface area (Å²) in [6.07, 6.45) is 19.7. The van der Waals surface area contributed by atoms with Gasteiger partial charge in [-0.15, -0.1) is 11.6 Å². The van der Waals surface area contributed by atoms with Gasteiger partial charge in [-0.1, -0.05) is 26.7 Å². The molecule has 0 aliphatic heterocycles. The number of halogens is 1. The number of alkyl halides is 1. The summed E-state index contributed by atoms with van der Waals surface area (Å²) in [5.41, 5.74) is 1.27. The molecular formula is C25H43ClO. The van der Waals surface area contributed by atoms with Crippen LogP contribution in [0.5, 0.6) is 0 Å². The Morgan fingerprint density at radius 3 is 2.37 bits per heavy atom. The molecule has 156 valence electrons. The highest BCUT2D eigenvalue weighted by atomic mass is 35.5. The molecule has 27 heavy (non-hydrogen) atoms. The van der Waals surface area contributed by atoms with Gasteiger partial charge in [0.05, 0.1) is 0 Å². The van der Waals surface area contributed by atoms with Crippen LogP contribution in [0, 0.1) is 40.4 Å². The molecule has 7 unspecified atom stereocenters. The lowest BCUT2D eigenvalue weighted by atomic mass is 9.45. The van der Waals surface area contributed by atoms with Gasteiger partial charge in [0.25, 0.3) is 0 Å². The number of carbonyl (C=O) groups excluding carboxylic acids is 1. The molecule has 4 aliphatic carbocycles. The van der Waals surface area contributed by atoms with E-state index in [1.165, 1.54) is 77.0 Å². The quantitative estimate of drug-likeness (QED) is 0.447. The first-order valence-electron chi connectivity index (χ1n) is 11.8. The predicted octanol–water partition coefficient (Wildman–Crippen LogP) is 7.65. The normalized spacial score (nSPS) is 45.7. The molecule has 4 rings (SSSR count). The molecule has 0 bridgehead atoms. The van der Waals surface area contributed by atoms with Crippen molar-refractivity contribution in [1.29, 1.82) is 0 Å². The molecule has 2 heteroatoms. The largest absolute Gasteiger partial charge is 0.300 e. The van der Waals surface area contributed by atoms with Gasteiger partial charge in [-0.2, -0.15) is 0 Å². The highest BCUT2D eigenvalue weighted by Gasteiger charge is 2.59. The first kappa shape index (κ1) is 21.7. The summed E-state index contributed by atoms with van der Waals surface area (Å²) >= 11 is 4.64. The molecule has 0 heterocycles. The van der Waals surface area contributed by atoms with Gasteiger partial charge in [0, 0.05) is 12.8 Å². The van der Waals surface area contributed by atoms with Crippen molar-refractivity contribution >= 4 is 17.4 Å². The Morgan fingerprint density at radius 1 is 0.889 bits per heavy atom. The number of hydrogen-bond donors (Lipinski definition) is 0. The Morgan fingerprint density at radius 2 is 1.63 bits per heavy atom. The lowest BCUT2D eigenvalue weighted by molar-refractivity contribution is -0.117. The Hall–Kier alpha value is -0.0400. The van der Waals surface area contributed by atoms with E-state index >= 15 is 0 Å². The van der Waals surface area contributed by atoms with Crippen molar-refractivity contribution in [2.75, 3.05) is 6.38 Å². The Balaban J connectivity index is 0.00000102. The summed E-state index contributed by atoms with van der Waals surface area (Å²) < 4.78 is 0. The molecule has 1 nitrogen and oxygen atoms in total. The molecule has 0 aromatic rings. The Labute approximate surface area is 173 Å². The van der Waals surface area contributed by atoms with Crippen molar-refractivity contribution in [2.24, 2.45) is 40.4 Å². The summed E-state index contributed by atoms with van der Waals surface area (Å²) in [5.74, 6) is 5.37. The van der Waals surface area contributed by atoms with E-state index in [0.29, 0.717) is 16.6 Å². The lowest BCUT2D eigenvalue weighted by Crippen LogP contribution is -2.52. The third-order valence-electron chi connectivity index (χ3n) is 9.86. The summed E-state index contributed by atoms with van der Waals surface area (Å²) in [4.78, 5) is 11.3. The first-order chi connectivity index (χ1) is 12.9. The van der Waals surface area contributed by atoms with Crippen molar-refractivity contribution in [3.63, 3.8) is 0 Å². The van der Waals surface area contributed by atoms with Crippen LogP contribution in [0.4, 0.5) is 0 Å². The average molecular weight is 395 g/mol. The van der Waals surface area contributed by atoms with Gasteiger partial charge in [-0.25, -0.2) is 0 Å². The average Bonchev–Trinajstić information content (AvgIpc) is 2.99. The number of rotatable bonds is 4. The molecule has 4 aliphatic rings. The maximum absolute atomic E-state index is 11.3. The van der Waals surface area contributed by atoms with Gasteiger partial charge in [0.15, 0.2) is 0 Å². The van der Waals surface area contributed by atoms with E-state index in [-0.39, 0.29) is 0 Å². The molecule has 0 amide bonds. The minimum absolute atomic E-state index is 0.381. The Bertz CT molecular complexity index is 516. The van der Waals surface area contributed by atoms with Gasteiger partial charge in [-0.3, -0.25) is 0 Å². The second-order valence-electron chi connectivity index (χ2n) is 10.8. The van der Waals surface area contributed by atoms with Crippen LogP contribution < -0.4 is 0 Å². The van der Waals surface area contributed by atoms with Crippen LogP contribution in [0.1, 0.15) is 104 Å².